The molecule has 2 aromatic carbocycles. The van der Waals surface area contributed by atoms with Crippen LogP contribution in [0.15, 0.2) is 48.5 Å². The summed E-state index contributed by atoms with van der Waals surface area (Å²) in [5, 5.41) is 32.0. The van der Waals surface area contributed by atoms with Crippen molar-refractivity contribution in [3.63, 3.8) is 0 Å². The Morgan fingerprint density at radius 3 is 1.74 bits per heavy atom. The standard InChI is InChI=1S/C15H9F5N2O5/c16-14(17,15(18,19)20)13(23,9-4-6-11(7-5-9)21(24)25)10-2-1-3-12(8-10)22(26)27/h1-8,23H. The predicted octanol–water partition coefficient (Wildman–Crippen LogP) is 3.94. The van der Waals surface area contributed by atoms with Gasteiger partial charge in [0.2, 0.25) is 0 Å². The van der Waals surface area contributed by atoms with Gasteiger partial charge in [0.25, 0.3) is 11.4 Å². The number of hydrogen-bond donors (Lipinski definition) is 1. The van der Waals surface area contributed by atoms with Gasteiger partial charge in [-0.05, 0) is 17.7 Å². The molecule has 27 heavy (non-hydrogen) atoms. The van der Waals surface area contributed by atoms with Crippen molar-refractivity contribution >= 4 is 11.4 Å². The summed E-state index contributed by atoms with van der Waals surface area (Å²) >= 11 is 0. The number of alkyl halides is 5. The summed E-state index contributed by atoms with van der Waals surface area (Å²) in [6.07, 6.45) is -6.23. The third-order valence-corrected chi connectivity index (χ3v) is 3.78. The van der Waals surface area contributed by atoms with Crippen LogP contribution in [0.1, 0.15) is 11.1 Å². The fourth-order valence-electron chi connectivity index (χ4n) is 2.40. The first kappa shape index (κ1) is 20.2. The van der Waals surface area contributed by atoms with Gasteiger partial charge in [-0.3, -0.25) is 20.2 Å². The Bertz CT molecular complexity index is 885. The van der Waals surface area contributed by atoms with Crippen LogP contribution in [0.4, 0.5) is 33.3 Å². The van der Waals surface area contributed by atoms with Gasteiger partial charge in [-0.2, -0.15) is 22.0 Å². The Hall–Kier alpha value is -3.15. The van der Waals surface area contributed by atoms with Gasteiger partial charge in [0.05, 0.1) is 9.85 Å². The first-order valence-corrected chi connectivity index (χ1v) is 6.99. The van der Waals surface area contributed by atoms with E-state index in [0.29, 0.717) is 36.4 Å². The highest BCUT2D eigenvalue weighted by molar-refractivity contribution is 5.47. The highest BCUT2D eigenvalue weighted by atomic mass is 19.4. The summed E-state index contributed by atoms with van der Waals surface area (Å²) in [6, 6.07) is 5.01. The Morgan fingerprint density at radius 1 is 0.778 bits per heavy atom. The van der Waals surface area contributed by atoms with Gasteiger partial charge in [0.1, 0.15) is 0 Å². The highest BCUT2D eigenvalue weighted by Crippen LogP contribution is 2.52. The molecule has 0 saturated carbocycles. The molecule has 0 bridgehead atoms. The second-order valence-corrected chi connectivity index (χ2v) is 5.39. The number of nitro groups is 2. The second-order valence-electron chi connectivity index (χ2n) is 5.39. The van der Waals surface area contributed by atoms with Crippen LogP contribution in [-0.4, -0.2) is 27.1 Å². The number of nitro benzene ring substituents is 2. The van der Waals surface area contributed by atoms with Gasteiger partial charge in [-0.1, -0.05) is 12.1 Å². The largest absolute Gasteiger partial charge is 0.457 e. The number of aliphatic hydroxyl groups is 1. The highest BCUT2D eigenvalue weighted by Gasteiger charge is 2.71. The van der Waals surface area contributed by atoms with Crippen molar-refractivity contribution in [3.8, 4) is 0 Å². The van der Waals surface area contributed by atoms with Crippen LogP contribution in [0.5, 0.6) is 0 Å². The Balaban J connectivity index is 2.78. The quantitative estimate of drug-likeness (QED) is 0.471. The van der Waals surface area contributed by atoms with E-state index in [4.69, 9.17) is 0 Å². The fraction of sp³-hybridized carbons (Fsp3) is 0.200. The molecule has 0 spiro atoms. The molecule has 0 aliphatic rings. The lowest BCUT2D eigenvalue weighted by molar-refractivity contribution is -0.385. The predicted molar refractivity (Wildman–Crippen MR) is 80.2 cm³/mol. The number of benzene rings is 2. The third kappa shape index (κ3) is 3.30. The van der Waals surface area contributed by atoms with Crippen molar-refractivity contribution in [2.24, 2.45) is 0 Å². The molecule has 0 aliphatic carbocycles. The molecule has 144 valence electrons. The van der Waals surface area contributed by atoms with Gasteiger partial charge in [0.15, 0.2) is 5.60 Å². The molecule has 1 atom stereocenters. The molecule has 12 heteroatoms. The van der Waals surface area contributed by atoms with E-state index in [1.807, 2.05) is 0 Å². The monoisotopic (exact) mass is 392 g/mol. The minimum Gasteiger partial charge on any atom is -0.374 e. The van der Waals surface area contributed by atoms with Gasteiger partial charge >= 0.3 is 12.1 Å². The van der Waals surface area contributed by atoms with E-state index in [-0.39, 0.29) is 0 Å². The molecule has 1 unspecified atom stereocenters. The summed E-state index contributed by atoms with van der Waals surface area (Å²) in [6.45, 7) is 0. The molecule has 2 aromatic rings. The molecule has 0 radical (unpaired) electrons. The lowest BCUT2D eigenvalue weighted by atomic mass is 9.80. The number of nitrogens with zero attached hydrogens (tertiary/aromatic N) is 2. The van der Waals surface area contributed by atoms with Crippen LogP contribution in [0.25, 0.3) is 0 Å². The number of rotatable bonds is 5. The Morgan fingerprint density at radius 2 is 1.30 bits per heavy atom. The lowest BCUT2D eigenvalue weighted by Gasteiger charge is -2.37. The molecular weight excluding hydrogens is 383 g/mol. The maximum absolute atomic E-state index is 14.3. The minimum atomic E-state index is -6.23. The van der Waals surface area contributed by atoms with Crippen molar-refractivity contribution in [1.82, 2.24) is 0 Å². The summed E-state index contributed by atoms with van der Waals surface area (Å²) in [5.74, 6) is -5.77. The van der Waals surface area contributed by atoms with E-state index in [0.717, 1.165) is 12.1 Å². The SMILES string of the molecule is O=[N+]([O-])c1ccc(C(O)(c2cccc([N+](=O)[O-])c2)C(F)(F)C(F)(F)F)cc1. The first-order valence-electron chi connectivity index (χ1n) is 6.99. The topological polar surface area (TPSA) is 107 Å². The summed E-state index contributed by atoms with van der Waals surface area (Å²) in [5.41, 5.74) is -7.64. The van der Waals surface area contributed by atoms with Gasteiger partial charge in [-0.15, -0.1) is 0 Å². The fourth-order valence-corrected chi connectivity index (χ4v) is 2.40. The van der Waals surface area contributed by atoms with Crippen LogP contribution in [-0.2, 0) is 5.60 Å². The smallest absolute Gasteiger partial charge is 0.374 e. The zero-order valence-corrected chi connectivity index (χ0v) is 13.0. The molecule has 0 heterocycles. The van der Waals surface area contributed by atoms with E-state index < -0.39 is 50.0 Å². The normalized spacial score (nSPS) is 14.4. The maximum Gasteiger partial charge on any atom is 0.457 e. The molecule has 0 saturated heterocycles. The van der Waals surface area contributed by atoms with Crippen molar-refractivity contribution in [2.45, 2.75) is 17.7 Å². The first-order chi connectivity index (χ1) is 12.3. The zero-order valence-electron chi connectivity index (χ0n) is 13.0. The number of hydrogen-bond acceptors (Lipinski definition) is 5. The maximum atomic E-state index is 14.3. The van der Waals surface area contributed by atoms with Crippen molar-refractivity contribution in [3.05, 3.63) is 79.9 Å². The second kappa shape index (κ2) is 6.54. The zero-order chi connectivity index (χ0) is 20.6. The molecule has 7 nitrogen and oxygen atoms in total. The number of halogens is 5. The van der Waals surface area contributed by atoms with Crippen LogP contribution >= 0.6 is 0 Å². The molecule has 0 fully saturated rings. The molecular formula is C15H9F5N2O5. The van der Waals surface area contributed by atoms with Crippen LogP contribution in [0.2, 0.25) is 0 Å². The molecule has 0 amide bonds. The third-order valence-electron chi connectivity index (χ3n) is 3.78. The molecule has 0 aliphatic heterocycles. The van der Waals surface area contributed by atoms with Crippen molar-refractivity contribution in [1.29, 1.82) is 0 Å². The van der Waals surface area contributed by atoms with E-state index in [1.54, 1.807) is 0 Å². The minimum absolute atomic E-state index is 0.376. The Kier molecular flexibility index (Phi) is 4.88. The number of non-ortho nitro benzene ring substituents is 2. The summed E-state index contributed by atoms with van der Waals surface area (Å²) in [7, 11) is 0. The summed E-state index contributed by atoms with van der Waals surface area (Å²) < 4.78 is 67.6. The summed E-state index contributed by atoms with van der Waals surface area (Å²) in [4.78, 5) is 19.5. The average Bonchev–Trinajstić information content (AvgIpc) is 2.60. The molecule has 0 aromatic heterocycles. The van der Waals surface area contributed by atoms with Crippen molar-refractivity contribution in [2.75, 3.05) is 0 Å². The van der Waals surface area contributed by atoms with Crippen LogP contribution in [0.3, 0.4) is 0 Å². The van der Waals surface area contributed by atoms with E-state index in [2.05, 4.69) is 0 Å². The van der Waals surface area contributed by atoms with E-state index >= 15 is 0 Å². The molecule has 1 N–H and O–H groups in total. The van der Waals surface area contributed by atoms with Gasteiger partial charge in [0, 0.05) is 29.8 Å². The van der Waals surface area contributed by atoms with Gasteiger partial charge < -0.3 is 5.11 Å². The molecule has 2 rings (SSSR count). The van der Waals surface area contributed by atoms with E-state index in [1.165, 1.54) is 0 Å². The van der Waals surface area contributed by atoms with Gasteiger partial charge in [-0.25, -0.2) is 0 Å². The Labute approximate surface area is 147 Å². The lowest BCUT2D eigenvalue weighted by Crippen LogP contribution is -2.55. The van der Waals surface area contributed by atoms with Crippen LogP contribution in [0, 0.1) is 20.2 Å². The van der Waals surface area contributed by atoms with E-state index in [9.17, 15) is 47.3 Å². The van der Waals surface area contributed by atoms with Crippen molar-refractivity contribution < 1.29 is 36.9 Å². The average molecular weight is 392 g/mol. The van der Waals surface area contributed by atoms with Crippen LogP contribution < -0.4 is 0 Å².